The quantitative estimate of drug-likeness (QED) is 0.307. The van der Waals surface area contributed by atoms with E-state index in [1.54, 1.807) is 24.3 Å². The van der Waals surface area contributed by atoms with Gasteiger partial charge >= 0.3 is 6.03 Å². The van der Waals surface area contributed by atoms with Gasteiger partial charge in [0, 0.05) is 44.8 Å². The van der Waals surface area contributed by atoms with Gasteiger partial charge in [0.25, 0.3) is 5.91 Å². The molecular weight excluding hydrogens is 514 g/mol. The molecule has 3 rings (SSSR count). The summed E-state index contributed by atoms with van der Waals surface area (Å²) in [6.45, 7) is 8.48. The predicted molar refractivity (Wildman–Crippen MR) is 152 cm³/mol. The number of carbonyl (C=O) groups is 2. The lowest BCUT2D eigenvalue weighted by molar-refractivity contribution is -0.180. The Kier molecular flexibility index (Phi) is 14.0. The van der Waals surface area contributed by atoms with Crippen LogP contribution in [0.5, 0.6) is 0 Å². The molecule has 2 heterocycles. The highest BCUT2D eigenvalue weighted by molar-refractivity contribution is 6.09. The maximum absolute atomic E-state index is 13.2. The number of benzene rings is 1. The summed E-state index contributed by atoms with van der Waals surface area (Å²) in [5, 5.41) is 14.0. The van der Waals surface area contributed by atoms with Crippen LogP contribution >= 0.6 is 0 Å². The number of carbonyl (C=O) groups excluding carboxylic acids is 2. The fraction of sp³-hybridized carbons (Fsp3) is 0.700. The van der Waals surface area contributed by atoms with E-state index >= 15 is 0 Å². The van der Waals surface area contributed by atoms with Crippen LogP contribution in [-0.4, -0.2) is 91.4 Å². The van der Waals surface area contributed by atoms with Gasteiger partial charge in [0.05, 0.1) is 12.7 Å². The van der Waals surface area contributed by atoms with Crippen LogP contribution in [0, 0.1) is 0 Å². The molecule has 3 amide bonds. The number of hydrogen-bond donors (Lipinski definition) is 2. The molecule has 0 saturated carbocycles. The number of amides is 3. The third kappa shape index (κ3) is 9.62. The topological polar surface area (TPSA) is 119 Å². The monoisotopic (exact) mass is 561 g/mol. The molecular formula is C30H47N3O7. The van der Waals surface area contributed by atoms with E-state index in [0.717, 1.165) is 38.5 Å². The van der Waals surface area contributed by atoms with Crippen LogP contribution < -0.4 is 5.32 Å². The van der Waals surface area contributed by atoms with Gasteiger partial charge in [-0.3, -0.25) is 9.69 Å². The molecule has 0 aromatic heterocycles. The molecule has 224 valence electrons. The molecule has 1 aromatic carbocycles. The second kappa shape index (κ2) is 17.4. The van der Waals surface area contributed by atoms with Gasteiger partial charge in [-0.15, -0.1) is 0 Å². The van der Waals surface area contributed by atoms with Crippen molar-refractivity contribution < 1.29 is 33.6 Å². The third-order valence-electron chi connectivity index (χ3n) is 7.08. The number of nitrogens with zero attached hydrogens (tertiary/aromatic N) is 2. The fourth-order valence-corrected chi connectivity index (χ4v) is 4.73. The number of aliphatic hydroxyl groups excluding tert-OH is 1. The molecule has 2 aliphatic rings. The molecule has 0 aliphatic carbocycles. The summed E-state index contributed by atoms with van der Waals surface area (Å²) >= 11 is 0. The van der Waals surface area contributed by atoms with Crippen LogP contribution in [0.15, 0.2) is 35.3 Å². The summed E-state index contributed by atoms with van der Waals surface area (Å²) in [6, 6.07) is 8.20. The lowest BCUT2D eigenvalue weighted by Crippen LogP contribution is -2.53. The summed E-state index contributed by atoms with van der Waals surface area (Å²) in [5.74, 6) is -0.0333. The first-order valence-corrected chi connectivity index (χ1v) is 14.9. The molecule has 1 saturated heterocycles. The highest BCUT2D eigenvalue weighted by Gasteiger charge is 2.45. The average Bonchev–Trinajstić information content (AvgIpc) is 3.08. The minimum atomic E-state index is -1.01. The van der Waals surface area contributed by atoms with Gasteiger partial charge in [-0.2, -0.15) is 4.99 Å². The largest absolute Gasteiger partial charge is 0.388 e. The van der Waals surface area contributed by atoms with E-state index in [2.05, 4.69) is 31.1 Å². The van der Waals surface area contributed by atoms with Crippen molar-refractivity contribution in [2.45, 2.75) is 103 Å². The second-order valence-corrected chi connectivity index (χ2v) is 10.4. The van der Waals surface area contributed by atoms with Gasteiger partial charge in [-0.1, -0.05) is 58.2 Å². The summed E-state index contributed by atoms with van der Waals surface area (Å²) in [7, 11) is 0. The van der Waals surface area contributed by atoms with E-state index in [4.69, 9.17) is 18.9 Å². The van der Waals surface area contributed by atoms with Crippen molar-refractivity contribution in [2.75, 3.05) is 33.0 Å². The standard InChI is InChI=1S/C30H47N3O7/c1-4-7-17-37-21-25-27(39-19-9-6-3)24(38-18-8-5-2)20-23(34)29(40-25)33-16-15-26(32-30(33)36)31-28(35)22-13-11-10-12-14-22/h10-14,23-25,27,29,34H,4-9,15-21H2,1-3H3,(H,31,32,35,36)/t23-,24-,25-,27+,29-/m1/s1. The number of aliphatic hydroxyl groups is 1. The normalized spacial score (nSPS) is 25.4. The third-order valence-corrected chi connectivity index (χ3v) is 7.08. The molecule has 0 radical (unpaired) electrons. The summed E-state index contributed by atoms with van der Waals surface area (Å²) in [5.41, 5.74) is 0.483. The van der Waals surface area contributed by atoms with Crippen LogP contribution in [0.25, 0.3) is 0 Å². The van der Waals surface area contributed by atoms with Crippen molar-refractivity contribution in [3.05, 3.63) is 35.9 Å². The zero-order valence-electron chi connectivity index (χ0n) is 24.3. The van der Waals surface area contributed by atoms with Crippen LogP contribution in [0.1, 0.15) is 82.5 Å². The summed E-state index contributed by atoms with van der Waals surface area (Å²) < 4.78 is 25.0. The minimum Gasteiger partial charge on any atom is -0.388 e. The Balaban J connectivity index is 1.77. The van der Waals surface area contributed by atoms with Gasteiger partial charge in [-0.05, 0) is 31.4 Å². The lowest BCUT2D eigenvalue weighted by Gasteiger charge is -2.36. The minimum absolute atomic E-state index is 0.237. The second-order valence-electron chi connectivity index (χ2n) is 10.4. The number of nitrogens with one attached hydrogen (secondary N) is 1. The Morgan fingerprint density at radius 1 is 1.05 bits per heavy atom. The maximum atomic E-state index is 13.2. The SMILES string of the molecule is CCCCOC[C@H]1O[C@@H](N2CCC(NC(=O)c3ccccc3)=NC2=O)[C@H](O)C[C@@H](OCCCC)[C@@H]1OCCCC. The Morgan fingerprint density at radius 3 is 2.40 bits per heavy atom. The Labute approximate surface area is 238 Å². The number of aliphatic imine (C=N–C) groups is 1. The van der Waals surface area contributed by atoms with Crippen LogP contribution in [0.4, 0.5) is 4.79 Å². The molecule has 10 heteroatoms. The molecule has 0 unspecified atom stereocenters. The molecule has 0 bridgehead atoms. The smallest absolute Gasteiger partial charge is 0.347 e. The van der Waals surface area contributed by atoms with Crippen molar-refractivity contribution >= 4 is 17.8 Å². The van der Waals surface area contributed by atoms with Crippen LogP contribution in [0.2, 0.25) is 0 Å². The molecule has 2 N–H and O–H groups in total. The highest BCUT2D eigenvalue weighted by Crippen LogP contribution is 2.29. The van der Waals surface area contributed by atoms with E-state index in [9.17, 15) is 14.7 Å². The highest BCUT2D eigenvalue weighted by atomic mass is 16.6. The van der Waals surface area contributed by atoms with E-state index < -0.39 is 36.7 Å². The maximum Gasteiger partial charge on any atom is 0.347 e. The van der Waals surface area contributed by atoms with Crippen molar-refractivity contribution in [1.82, 2.24) is 10.2 Å². The van der Waals surface area contributed by atoms with E-state index in [1.165, 1.54) is 4.90 Å². The molecule has 10 nitrogen and oxygen atoms in total. The molecule has 0 spiro atoms. The zero-order valence-corrected chi connectivity index (χ0v) is 24.3. The first-order chi connectivity index (χ1) is 19.5. The van der Waals surface area contributed by atoms with Gasteiger partial charge in [-0.25, -0.2) is 4.79 Å². The zero-order chi connectivity index (χ0) is 28.7. The van der Waals surface area contributed by atoms with E-state index in [0.29, 0.717) is 37.6 Å². The van der Waals surface area contributed by atoms with Crippen LogP contribution in [0.3, 0.4) is 0 Å². The van der Waals surface area contributed by atoms with Crippen LogP contribution in [-0.2, 0) is 18.9 Å². The molecule has 1 fully saturated rings. The van der Waals surface area contributed by atoms with E-state index in [1.807, 2.05) is 6.07 Å². The number of ether oxygens (including phenoxy) is 4. The van der Waals surface area contributed by atoms with Gasteiger partial charge < -0.3 is 29.4 Å². The Morgan fingerprint density at radius 2 is 1.73 bits per heavy atom. The van der Waals surface area contributed by atoms with E-state index in [-0.39, 0.29) is 25.5 Å². The van der Waals surface area contributed by atoms with Crippen molar-refractivity contribution in [2.24, 2.45) is 4.99 Å². The number of rotatable bonds is 15. The number of hydrogen-bond acceptors (Lipinski definition) is 7. The van der Waals surface area contributed by atoms with Crippen molar-refractivity contribution in [1.29, 1.82) is 0 Å². The number of amidine groups is 1. The Hall–Kier alpha value is -2.37. The average molecular weight is 562 g/mol. The van der Waals surface area contributed by atoms with Gasteiger partial charge in [0.1, 0.15) is 24.1 Å². The fourth-order valence-electron chi connectivity index (χ4n) is 4.73. The lowest BCUT2D eigenvalue weighted by atomic mass is 10.0. The number of unbranched alkanes of at least 4 members (excludes halogenated alkanes) is 3. The van der Waals surface area contributed by atoms with Crippen molar-refractivity contribution in [3.8, 4) is 0 Å². The first-order valence-electron chi connectivity index (χ1n) is 14.9. The van der Waals surface area contributed by atoms with Crippen molar-refractivity contribution in [3.63, 3.8) is 0 Å². The first kappa shape index (κ1) is 32.1. The summed E-state index contributed by atoms with van der Waals surface area (Å²) in [6.07, 6.45) is 2.91. The molecule has 2 aliphatic heterocycles. The van der Waals surface area contributed by atoms with Gasteiger partial charge in [0.2, 0.25) is 0 Å². The van der Waals surface area contributed by atoms with Gasteiger partial charge in [0.15, 0.2) is 6.23 Å². The summed E-state index contributed by atoms with van der Waals surface area (Å²) in [4.78, 5) is 31.3. The Bertz CT molecular complexity index is 929. The molecule has 1 aromatic rings. The number of urea groups is 1. The molecule has 40 heavy (non-hydrogen) atoms. The molecule has 5 atom stereocenters. The predicted octanol–water partition coefficient (Wildman–Crippen LogP) is 4.30.